The highest BCUT2D eigenvalue weighted by Gasteiger charge is 2.26. The largest absolute Gasteiger partial charge is 0.356 e. The highest BCUT2D eigenvalue weighted by Crippen LogP contribution is 2.28. The van der Waals surface area contributed by atoms with Crippen LogP contribution in [0.1, 0.15) is 57.1 Å². The third-order valence-electron chi connectivity index (χ3n) is 6.36. The highest BCUT2D eigenvalue weighted by molar-refractivity contribution is 5.76. The molecule has 1 aliphatic carbocycles. The molecule has 0 atom stereocenters. The first-order valence-corrected chi connectivity index (χ1v) is 10.8. The molecule has 3 fully saturated rings. The van der Waals surface area contributed by atoms with Crippen molar-refractivity contribution in [1.82, 2.24) is 14.9 Å². The lowest BCUT2D eigenvalue weighted by Crippen LogP contribution is -2.49. The van der Waals surface area contributed by atoms with Crippen LogP contribution < -0.4 is 9.80 Å². The van der Waals surface area contributed by atoms with E-state index in [0.717, 1.165) is 63.1 Å². The Bertz CT molecular complexity index is 644. The van der Waals surface area contributed by atoms with Gasteiger partial charge in [0.15, 0.2) is 0 Å². The number of anilines is 2. The summed E-state index contributed by atoms with van der Waals surface area (Å²) in [6.07, 6.45) is 9.65. The molecule has 0 N–H and O–H groups in total. The number of hydrogen-bond donors (Lipinski definition) is 0. The highest BCUT2D eigenvalue weighted by atomic mass is 16.2. The zero-order chi connectivity index (χ0) is 18.6. The molecule has 27 heavy (non-hydrogen) atoms. The number of aryl methyl sites for hydroxylation is 1. The van der Waals surface area contributed by atoms with Crippen LogP contribution >= 0.6 is 0 Å². The minimum Gasteiger partial charge on any atom is -0.356 e. The van der Waals surface area contributed by atoms with Gasteiger partial charge < -0.3 is 14.7 Å². The minimum atomic E-state index is 0.348. The summed E-state index contributed by atoms with van der Waals surface area (Å²) in [5, 5.41) is 0. The van der Waals surface area contributed by atoms with Gasteiger partial charge in [0.2, 0.25) is 11.9 Å². The van der Waals surface area contributed by atoms with E-state index in [1.165, 1.54) is 44.9 Å². The van der Waals surface area contributed by atoms with Crippen LogP contribution in [0.3, 0.4) is 0 Å². The molecule has 0 radical (unpaired) electrons. The van der Waals surface area contributed by atoms with Crippen LogP contribution in [0, 0.1) is 12.8 Å². The Hall–Kier alpha value is -1.85. The summed E-state index contributed by atoms with van der Waals surface area (Å²) >= 11 is 0. The molecule has 1 saturated carbocycles. The maximum Gasteiger partial charge on any atom is 0.227 e. The van der Waals surface area contributed by atoms with Gasteiger partial charge in [-0.2, -0.15) is 4.98 Å². The van der Waals surface area contributed by atoms with E-state index >= 15 is 0 Å². The Morgan fingerprint density at radius 3 is 2.33 bits per heavy atom. The van der Waals surface area contributed by atoms with E-state index < -0.39 is 0 Å². The lowest BCUT2D eigenvalue weighted by atomic mass is 10.0. The zero-order valence-corrected chi connectivity index (χ0v) is 16.7. The molecule has 0 aromatic carbocycles. The monoisotopic (exact) mass is 371 g/mol. The number of nitrogens with zero attached hydrogens (tertiary/aromatic N) is 5. The number of hydrogen-bond acceptors (Lipinski definition) is 5. The lowest BCUT2D eigenvalue weighted by Gasteiger charge is -2.36. The number of carbonyl (C=O) groups excluding carboxylic acids is 1. The molecule has 6 heteroatoms. The average Bonchev–Trinajstić information content (AvgIpc) is 3.21. The third kappa shape index (κ3) is 4.53. The van der Waals surface area contributed by atoms with Gasteiger partial charge in [-0.05, 0) is 44.9 Å². The van der Waals surface area contributed by atoms with Gasteiger partial charge in [-0.15, -0.1) is 0 Å². The van der Waals surface area contributed by atoms with E-state index in [1.54, 1.807) is 0 Å². The average molecular weight is 372 g/mol. The summed E-state index contributed by atoms with van der Waals surface area (Å²) in [6.45, 7) is 7.50. The van der Waals surface area contributed by atoms with Crippen LogP contribution in [0.2, 0.25) is 0 Å². The second-order valence-electron chi connectivity index (χ2n) is 8.44. The second kappa shape index (κ2) is 8.44. The summed E-state index contributed by atoms with van der Waals surface area (Å²) < 4.78 is 0. The molecule has 0 bridgehead atoms. The zero-order valence-electron chi connectivity index (χ0n) is 16.7. The predicted molar refractivity (Wildman–Crippen MR) is 108 cm³/mol. The maximum atomic E-state index is 12.6. The maximum absolute atomic E-state index is 12.6. The molecule has 148 valence electrons. The van der Waals surface area contributed by atoms with Gasteiger partial charge in [0.05, 0.1) is 0 Å². The van der Waals surface area contributed by atoms with E-state index in [1.807, 2.05) is 0 Å². The molecule has 3 aliphatic rings. The third-order valence-corrected chi connectivity index (χ3v) is 6.36. The number of aromatic nitrogens is 2. The first-order chi connectivity index (χ1) is 13.2. The molecule has 2 saturated heterocycles. The van der Waals surface area contributed by atoms with Crippen molar-refractivity contribution in [3.63, 3.8) is 0 Å². The van der Waals surface area contributed by atoms with Gasteiger partial charge in [0, 0.05) is 57.4 Å². The summed E-state index contributed by atoms with van der Waals surface area (Å²) in [5.41, 5.74) is 1.03. The van der Waals surface area contributed by atoms with Crippen LogP contribution in [-0.2, 0) is 4.79 Å². The van der Waals surface area contributed by atoms with Gasteiger partial charge in [-0.3, -0.25) is 4.79 Å². The van der Waals surface area contributed by atoms with Crippen LogP contribution in [0.25, 0.3) is 0 Å². The molecule has 0 unspecified atom stereocenters. The summed E-state index contributed by atoms with van der Waals surface area (Å²) in [7, 11) is 0. The van der Waals surface area contributed by atoms with Crippen molar-refractivity contribution in [3.8, 4) is 0 Å². The number of amides is 1. The summed E-state index contributed by atoms with van der Waals surface area (Å²) in [4.78, 5) is 28.8. The SMILES string of the molecule is Cc1cc(N2CCCCC2)nc(N2CCN(C(=O)CC3CCCC3)CC2)n1. The Morgan fingerprint density at radius 2 is 1.63 bits per heavy atom. The molecule has 1 amide bonds. The van der Waals surface area contributed by atoms with Crippen LogP contribution in [-0.4, -0.2) is 60.0 Å². The van der Waals surface area contributed by atoms with E-state index in [4.69, 9.17) is 9.97 Å². The Morgan fingerprint density at radius 1 is 0.926 bits per heavy atom. The number of carbonyl (C=O) groups is 1. The van der Waals surface area contributed by atoms with Crippen LogP contribution in [0.5, 0.6) is 0 Å². The first-order valence-electron chi connectivity index (χ1n) is 10.8. The minimum absolute atomic E-state index is 0.348. The van der Waals surface area contributed by atoms with Gasteiger partial charge in [0.1, 0.15) is 5.82 Å². The predicted octanol–water partition coefficient (Wildman–Crippen LogP) is 3.00. The molecule has 2 aliphatic heterocycles. The van der Waals surface area contributed by atoms with Crippen molar-refractivity contribution in [2.45, 2.75) is 58.3 Å². The van der Waals surface area contributed by atoms with Gasteiger partial charge in [-0.25, -0.2) is 4.98 Å². The normalized spacial score (nSPS) is 21.7. The Balaban J connectivity index is 1.36. The fourth-order valence-corrected chi connectivity index (χ4v) is 4.71. The first kappa shape index (κ1) is 18.5. The lowest BCUT2D eigenvalue weighted by molar-refractivity contribution is -0.132. The Labute approximate surface area is 162 Å². The smallest absolute Gasteiger partial charge is 0.227 e. The van der Waals surface area contributed by atoms with Crippen molar-refractivity contribution < 1.29 is 4.79 Å². The van der Waals surface area contributed by atoms with Gasteiger partial charge in [0.25, 0.3) is 0 Å². The van der Waals surface area contributed by atoms with Gasteiger partial charge >= 0.3 is 0 Å². The molecule has 3 heterocycles. The van der Waals surface area contributed by atoms with E-state index in [-0.39, 0.29) is 0 Å². The Kier molecular flexibility index (Phi) is 5.79. The molecule has 1 aromatic heterocycles. The fraction of sp³-hybridized carbons (Fsp3) is 0.762. The van der Waals surface area contributed by atoms with E-state index in [9.17, 15) is 4.79 Å². The van der Waals surface area contributed by atoms with Crippen molar-refractivity contribution in [1.29, 1.82) is 0 Å². The fourth-order valence-electron chi connectivity index (χ4n) is 4.71. The topological polar surface area (TPSA) is 52.6 Å². The number of piperidine rings is 1. The standard InChI is InChI=1S/C21H33N5O/c1-17-15-19(24-9-5-2-6-10-24)23-21(22-17)26-13-11-25(12-14-26)20(27)16-18-7-3-4-8-18/h15,18H,2-14,16H2,1H3. The van der Waals surface area contributed by atoms with Crippen molar-refractivity contribution in [2.24, 2.45) is 5.92 Å². The summed E-state index contributed by atoms with van der Waals surface area (Å²) in [5.74, 6) is 2.87. The molecular formula is C21H33N5O. The quantitative estimate of drug-likeness (QED) is 0.814. The molecular weight excluding hydrogens is 338 g/mol. The van der Waals surface area contributed by atoms with Crippen molar-refractivity contribution in [2.75, 3.05) is 49.1 Å². The molecule has 0 spiro atoms. The second-order valence-corrected chi connectivity index (χ2v) is 8.44. The number of rotatable bonds is 4. The van der Waals surface area contributed by atoms with Crippen LogP contribution in [0.15, 0.2) is 6.07 Å². The van der Waals surface area contributed by atoms with E-state index in [2.05, 4.69) is 27.7 Å². The van der Waals surface area contributed by atoms with Gasteiger partial charge in [-0.1, -0.05) is 12.8 Å². The number of piperazine rings is 1. The molecule has 6 nitrogen and oxygen atoms in total. The van der Waals surface area contributed by atoms with Crippen molar-refractivity contribution in [3.05, 3.63) is 11.8 Å². The molecule has 4 rings (SSSR count). The van der Waals surface area contributed by atoms with Crippen LogP contribution in [0.4, 0.5) is 11.8 Å². The summed E-state index contributed by atoms with van der Waals surface area (Å²) in [6, 6.07) is 2.11. The van der Waals surface area contributed by atoms with Crippen molar-refractivity contribution >= 4 is 17.7 Å². The molecule has 1 aromatic rings. The van der Waals surface area contributed by atoms with E-state index in [0.29, 0.717) is 11.8 Å².